The van der Waals surface area contributed by atoms with Gasteiger partial charge in [-0.25, -0.2) is 0 Å². The van der Waals surface area contributed by atoms with E-state index < -0.39 is 18.0 Å². The van der Waals surface area contributed by atoms with Crippen LogP contribution >= 0.6 is 0 Å². The third kappa shape index (κ3) is 4.58. The van der Waals surface area contributed by atoms with Crippen molar-refractivity contribution in [3.63, 3.8) is 0 Å². The van der Waals surface area contributed by atoms with Gasteiger partial charge in [-0.15, -0.1) is 13.2 Å². The van der Waals surface area contributed by atoms with Gasteiger partial charge in [-0.1, -0.05) is 0 Å². The fraction of sp³-hybridized carbons (Fsp3) is 0.0714. The smallest absolute Gasteiger partial charge is 0.406 e. The number of rotatable bonds is 4. The van der Waals surface area contributed by atoms with Crippen LogP contribution in [0, 0.1) is 0 Å². The van der Waals surface area contributed by atoms with E-state index in [9.17, 15) is 18.0 Å². The van der Waals surface area contributed by atoms with E-state index >= 15 is 0 Å². The van der Waals surface area contributed by atoms with Crippen molar-refractivity contribution in [2.45, 2.75) is 6.36 Å². The largest absolute Gasteiger partial charge is 0.573 e. The number of carbonyl (C=O) groups is 1. The zero-order chi connectivity index (χ0) is 16.2. The van der Waals surface area contributed by atoms with Crippen molar-refractivity contribution in [2.24, 2.45) is 0 Å². The number of alkyl halides is 3. The molecule has 0 saturated heterocycles. The van der Waals surface area contributed by atoms with Gasteiger partial charge in [0.2, 0.25) is 0 Å². The Kier molecular flexibility index (Phi) is 4.40. The molecule has 0 atom stereocenters. The lowest BCUT2D eigenvalue weighted by Gasteiger charge is -2.10. The standard InChI is InChI=1S/C14H12F3N3O2/c15-14(16,17)22-12-7-1-9(2-8-12)13(21)20-19-11-5-3-10(18)4-6-11/h1-8,19H,18H2,(H,20,21). The molecule has 5 nitrogen and oxygen atoms in total. The van der Waals surface area contributed by atoms with Crippen LogP contribution in [-0.2, 0) is 0 Å². The van der Waals surface area contributed by atoms with Crippen LogP contribution in [0.1, 0.15) is 10.4 Å². The minimum Gasteiger partial charge on any atom is -0.406 e. The molecule has 0 aliphatic rings. The normalized spacial score (nSPS) is 10.9. The third-order valence-corrected chi connectivity index (χ3v) is 2.58. The molecule has 1 amide bonds. The maximum atomic E-state index is 12.0. The first-order valence-electron chi connectivity index (χ1n) is 6.11. The molecular formula is C14H12F3N3O2. The second-order valence-corrected chi connectivity index (χ2v) is 4.27. The summed E-state index contributed by atoms with van der Waals surface area (Å²) in [6.07, 6.45) is -4.76. The van der Waals surface area contributed by atoms with E-state index in [1.54, 1.807) is 24.3 Å². The van der Waals surface area contributed by atoms with Crippen molar-refractivity contribution in [1.29, 1.82) is 0 Å². The van der Waals surface area contributed by atoms with Gasteiger partial charge in [-0.2, -0.15) is 0 Å². The Balaban J connectivity index is 1.93. The zero-order valence-electron chi connectivity index (χ0n) is 11.1. The van der Waals surface area contributed by atoms with E-state index in [1.807, 2.05) is 0 Å². The quantitative estimate of drug-likeness (QED) is 0.599. The summed E-state index contributed by atoms with van der Waals surface area (Å²) < 4.78 is 39.8. The van der Waals surface area contributed by atoms with Crippen molar-refractivity contribution >= 4 is 17.3 Å². The Hall–Kier alpha value is -2.90. The zero-order valence-corrected chi connectivity index (χ0v) is 11.1. The Bertz CT molecular complexity index is 640. The number of anilines is 2. The predicted octanol–water partition coefficient (Wildman–Crippen LogP) is 2.92. The van der Waals surface area contributed by atoms with Crippen molar-refractivity contribution < 1.29 is 22.7 Å². The molecule has 2 rings (SSSR count). The number of hydrogen-bond donors (Lipinski definition) is 3. The molecule has 8 heteroatoms. The summed E-state index contributed by atoms with van der Waals surface area (Å²) in [6, 6.07) is 11.2. The van der Waals surface area contributed by atoms with E-state index in [4.69, 9.17) is 5.73 Å². The number of benzene rings is 2. The van der Waals surface area contributed by atoms with Gasteiger partial charge in [0, 0.05) is 11.3 Å². The van der Waals surface area contributed by atoms with E-state index in [0.29, 0.717) is 11.4 Å². The summed E-state index contributed by atoms with van der Waals surface area (Å²) in [5.74, 6) is -0.897. The Labute approximate surface area is 123 Å². The van der Waals surface area contributed by atoms with Gasteiger partial charge in [0.25, 0.3) is 5.91 Å². The SMILES string of the molecule is Nc1ccc(NNC(=O)c2ccc(OC(F)(F)F)cc2)cc1. The molecule has 0 spiro atoms. The summed E-state index contributed by atoms with van der Waals surface area (Å²) in [5.41, 5.74) is 12.0. The number of ether oxygens (including phenoxy) is 1. The van der Waals surface area contributed by atoms with E-state index in [2.05, 4.69) is 15.6 Å². The van der Waals surface area contributed by atoms with Gasteiger partial charge in [0.15, 0.2) is 0 Å². The molecule has 0 aromatic heterocycles. The van der Waals surface area contributed by atoms with Crippen LogP contribution in [0.2, 0.25) is 0 Å². The van der Waals surface area contributed by atoms with Crippen molar-refractivity contribution in [1.82, 2.24) is 5.43 Å². The second-order valence-electron chi connectivity index (χ2n) is 4.27. The molecular weight excluding hydrogens is 299 g/mol. The summed E-state index contributed by atoms with van der Waals surface area (Å²) >= 11 is 0. The predicted molar refractivity (Wildman–Crippen MR) is 75.1 cm³/mol. The van der Waals surface area contributed by atoms with Gasteiger partial charge < -0.3 is 10.5 Å². The summed E-state index contributed by atoms with van der Waals surface area (Å²) in [7, 11) is 0. The molecule has 22 heavy (non-hydrogen) atoms. The lowest BCUT2D eigenvalue weighted by atomic mass is 10.2. The molecule has 0 saturated carbocycles. The maximum absolute atomic E-state index is 12.0. The highest BCUT2D eigenvalue weighted by atomic mass is 19.4. The van der Waals surface area contributed by atoms with Crippen LogP contribution in [0.4, 0.5) is 24.5 Å². The van der Waals surface area contributed by atoms with Gasteiger partial charge in [-0.3, -0.25) is 15.6 Å². The van der Waals surface area contributed by atoms with Crippen LogP contribution in [0.5, 0.6) is 5.75 Å². The number of carbonyl (C=O) groups excluding carboxylic acids is 1. The average Bonchev–Trinajstić information content (AvgIpc) is 2.45. The lowest BCUT2D eigenvalue weighted by Crippen LogP contribution is -2.29. The van der Waals surface area contributed by atoms with Crippen molar-refractivity contribution in [3.8, 4) is 5.75 Å². The molecule has 0 radical (unpaired) electrons. The molecule has 0 bridgehead atoms. The van der Waals surface area contributed by atoms with E-state index in [1.165, 1.54) is 12.1 Å². The molecule has 0 heterocycles. The van der Waals surface area contributed by atoms with Gasteiger partial charge >= 0.3 is 6.36 Å². The highest BCUT2D eigenvalue weighted by Gasteiger charge is 2.31. The highest BCUT2D eigenvalue weighted by molar-refractivity contribution is 5.95. The van der Waals surface area contributed by atoms with Crippen LogP contribution < -0.4 is 21.3 Å². The van der Waals surface area contributed by atoms with Crippen LogP contribution in [0.25, 0.3) is 0 Å². The Morgan fingerprint density at radius 3 is 2.14 bits per heavy atom. The molecule has 0 unspecified atom stereocenters. The first-order chi connectivity index (χ1) is 10.3. The number of nitrogens with one attached hydrogen (secondary N) is 2. The second kappa shape index (κ2) is 6.25. The summed E-state index contributed by atoms with van der Waals surface area (Å²) in [5, 5.41) is 0. The summed E-state index contributed by atoms with van der Waals surface area (Å²) in [6.45, 7) is 0. The molecule has 0 aliphatic carbocycles. The van der Waals surface area contributed by atoms with Crippen LogP contribution in [-0.4, -0.2) is 12.3 Å². The first kappa shape index (κ1) is 15.5. The number of hydrogen-bond acceptors (Lipinski definition) is 4. The first-order valence-corrected chi connectivity index (χ1v) is 6.11. The maximum Gasteiger partial charge on any atom is 0.573 e. The van der Waals surface area contributed by atoms with Crippen LogP contribution in [0.15, 0.2) is 48.5 Å². The average molecular weight is 311 g/mol. The highest BCUT2D eigenvalue weighted by Crippen LogP contribution is 2.22. The molecule has 116 valence electrons. The Morgan fingerprint density at radius 1 is 1.00 bits per heavy atom. The van der Waals surface area contributed by atoms with Gasteiger partial charge in [-0.05, 0) is 48.5 Å². The monoisotopic (exact) mass is 311 g/mol. The minimum atomic E-state index is -4.76. The molecule has 2 aromatic rings. The lowest BCUT2D eigenvalue weighted by molar-refractivity contribution is -0.274. The molecule has 2 aromatic carbocycles. The van der Waals surface area contributed by atoms with Gasteiger partial charge in [0.1, 0.15) is 5.75 Å². The number of amides is 1. The third-order valence-electron chi connectivity index (χ3n) is 2.58. The fourth-order valence-electron chi connectivity index (χ4n) is 1.58. The molecule has 0 fully saturated rings. The van der Waals surface area contributed by atoms with Crippen molar-refractivity contribution in [2.75, 3.05) is 11.2 Å². The fourth-order valence-corrected chi connectivity index (χ4v) is 1.58. The van der Waals surface area contributed by atoms with E-state index in [-0.39, 0.29) is 5.56 Å². The number of nitrogen functional groups attached to an aromatic ring is 1. The summed E-state index contributed by atoms with van der Waals surface area (Å²) in [4.78, 5) is 11.8. The number of halogens is 3. The topological polar surface area (TPSA) is 76.4 Å². The molecule has 4 N–H and O–H groups in total. The molecule has 0 aliphatic heterocycles. The minimum absolute atomic E-state index is 0.178. The number of hydrazine groups is 1. The number of nitrogens with two attached hydrogens (primary N) is 1. The van der Waals surface area contributed by atoms with Crippen LogP contribution in [0.3, 0.4) is 0 Å². The van der Waals surface area contributed by atoms with Crippen molar-refractivity contribution in [3.05, 3.63) is 54.1 Å². The van der Waals surface area contributed by atoms with Gasteiger partial charge in [0.05, 0.1) is 5.69 Å². The van der Waals surface area contributed by atoms with E-state index in [0.717, 1.165) is 12.1 Å². The Morgan fingerprint density at radius 2 is 1.59 bits per heavy atom.